The van der Waals surface area contributed by atoms with Crippen LogP contribution in [0.5, 0.6) is 5.75 Å². The van der Waals surface area contributed by atoms with Crippen LogP contribution in [0, 0.1) is 6.92 Å². The Kier molecular flexibility index (Phi) is 11.2. The predicted octanol–water partition coefficient (Wildman–Crippen LogP) is 4.42. The number of fused-ring (bicyclic) bond motifs is 1. The van der Waals surface area contributed by atoms with Gasteiger partial charge in [-0.25, -0.2) is 9.97 Å². The summed E-state index contributed by atoms with van der Waals surface area (Å²) in [6, 6.07) is 10.3. The fraction of sp³-hybridized carbons (Fsp3) is 0.395. The number of ether oxygens (including phenoxy) is 1. The smallest absolute Gasteiger partial charge is 0.416 e. The minimum atomic E-state index is -4.62. The van der Waals surface area contributed by atoms with Crippen molar-refractivity contribution in [2.24, 2.45) is 0 Å². The third-order valence-electron chi connectivity index (χ3n) is 10.1. The van der Waals surface area contributed by atoms with Crippen LogP contribution in [0.2, 0.25) is 5.02 Å². The van der Waals surface area contributed by atoms with Crippen molar-refractivity contribution in [3.05, 3.63) is 92.4 Å². The molecule has 3 aromatic heterocycles. The van der Waals surface area contributed by atoms with Crippen LogP contribution < -0.4 is 15.8 Å². The van der Waals surface area contributed by atoms with Crippen LogP contribution in [0.3, 0.4) is 0 Å². The molecule has 5 aromatic rings. The van der Waals surface area contributed by atoms with Crippen LogP contribution >= 0.6 is 11.6 Å². The number of morpholine rings is 1. The number of piperazine rings is 1. The first-order valence-electron chi connectivity index (χ1n) is 18.4. The highest BCUT2D eigenvalue weighted by Crippen LogP contribution is 2.34. The lowest BCUT2D eigenvalue weighted by atomic mass is 10.1. The quantitative estimate of drug-likeness (QED) is 0.217. The van der Waals surface area contributed by atoms with Gasteiger partial charge in [0.15, 0.2) is 17.3 Å². The van der Waals surface area contributed by atoms with Crippen molar-refractivity contribution in [2.75, 3.05) is 56.1 Å². The molecule has 0 saturated carbocycles. The fourth-order valence-electron chi connectivity index (χ4n) is 7.14. The van der Waals surface area contributed by atoms with Crippen molar-refractivity contribution in [2.45, 2.75) is 52.6 Å². The molecule has 0 bridgehead atoms. The lowest BCUT2D eigenvalue weighted by Gasteiger charge is -2.36. The maximum atomic E-state index is 14.4. The minimum Gasteiger partial charge on any atom is -0.504 e. The van der Waals surface area contributed by atoms with Gasteiger partial charge < -0.3 is 29.5 Å². The van der Waals surface area contributed by atoms with Crippen LogP contribution in [-0.4, -0.2) is 108 Å². The van der Waals surface area contributed by atoms with Crippen molar-refractivity contribution in [1.29, 1.82) is 0 Å². The van der Waals surface area contributed by atoms with Gasteiger partial charge in [0.05, 0.1) is 40.4 Å². The van der Waals surface area contributed by atoms with Crippen LogP contribution in [0.1, 0.15) is 46.9 Å². The first kappa shape index (κ1) is 39.6. The Morgan fingerprint density at radius 2 is 1.79 bits per heavy atom. The van der Waals surface area contributed by atoms with Crippen LogP contribution in [0.15, 0.2) is 53.6 Å². The Hall–Kier alpha value is -5.59. The van der Waals surface area contributed by atoms with Gasteiger partial charge in [-0.1, -0.05) is 42.8 Å². The Balaban J connectivity index is 1.22. The third-order valence-corrected chi connectivity index (χ3v) is 10.4. The van der Waals surface area contributed by atoms with E-state index in [0.717, 1.165) is 47.9 Å². The highest BCUT2D eigenvalue weighted by molar-refractivity contribution is 6.33. The van der Waals surface area contributed by atoms with Crippen LogP contribution in [0.4, 0.5) is 24.5 Å². The number of nitrogens with one attached hydrogen (secondary N) is 1. The Labute approximate surface area is 329 Å². The van der Waals surface area contributed by atoms with Gasteiger partial charge in [-0.15, -0.1) is 5.10 Å². The molecule has 2 aromatic carbocycles. The second-order valence-electron chi connectivity index (χ2n) is 14.0. The number of aromatic nitrogens is 6. The molecule has 300 valence electrons. The summed E-state index contributed by atoms with van der Waals surface area (Å²) in [5, 5.41) is 17.3. The molecule has 19 heteroatoms. The zero-order chi connectivity index (χ0) is 40.6. The summed E-state index contributed by atoms with van der Waals surface area (Å²) in [5.74, 6) is -1.09. The molecule has 2 N–H and O–H groups in total. The summed E-state index contributed by atoms with van der Waals surface area (Å²) in [6.45, 7) is 8.90. The van der Waals surface area contributed by atoms with Crippen molar-refractivity contribution >= 4 is 40.6 Å². The third kappa shape index (κ3) is 8.29. The van der Waals surface area contributed by atoms with Gasteiger partial charge in [0.2, 0.25) is 11.7 Å². The molecular weight excluding hydrogens is 769 g/mol. The second kappa shape index (κ2) is 16.1. The molecular formula is C38H40ClF3N10O5. The lowest BCUT2D eigenvalue weighted by molar-refractivity contribution is -0.137. The summed E-state index contributed by atoms with van der Waals surface area (Å²) in [4.78, 5) is 59.7. The van der Waals surface area contributed by atoms with E-state index < -0.39 is 35.7 Å². The minimum absolute atomic E-state index is 0.0236. The van der Waals surface area contributed by atoms with Gasteiger partial charge in [0, 0.05) is 51.4 Å². The molecule has 2 amide bonds. The standard InChI is InChI=1S/C38H40ClF3N10O5/c1-4-29-32(49-11-13-50(14-12-49)35(55)31-33(54)23(3)43-21-44-31)36(56)52-37(51(29)20-30(53)45-28-10-9-26(17-27(28)39)38(40,41)42)46-34(47-52)25-7-5-24(6-8-25)19-48-15-16-57-22(2)18-48/h5-10,17,21-22,54H,4,11-16,18-20H2,1-3H3,(H,45,53)/t22-/m1/s1. The van der Waals surface area contributed by atoms with E-state index in [4.69, 9.17) is 21.3 Å². The monoisotopic (exact) mass is 808 g/mol. The number of rotatable bonds is 9. The van der Waals surface area contributed by atoms with E-state index >= 15 is 0 Å². The topological polar surface area (TPSA) is 163 Å². The van der Waals surface area contributed by atoms with Crippen molar-refractivity contribution in [3.8, 4) is 17.1 Å². The van der Waals surface area contributed by atoms with E-state index in [1.807, 2.05) is 43.0 Å². The predicted molar refractivity (Wildman–Crippen MR) is 204 cm³/mol. The number of hydrogen-bond donors (Lipinski definition) is 2. The molecule has 2 aliphatic heterocycles. The summed E-state index contributed by atoms with van der Waals surface area (Å²) < 4.78 is 48.2. The molecule has 5 heterocycles. The first-order chi connectivity index (χ1) is 27.2. The molecule has 0 aliphatic carbocycles. The van der Waals surface area contributed by atoms with Crippen LogP contribution in [0.25, 0.3) is 17.2 Å². The van der Waals surface area contributed by atoms with Crippen molar-refractivity contribution in [3.63, 3.8) is 0 Å². The normalized spacial score (nSPS) is 16.6. The van der Waals surface area contributed by atoms with Crippen molar-refractivity contribution < 1.29 is 32.6 Å². The number of aromatic hydroxyl groups is 1. The first-order valence-corrected chi connectivity index (χ1v) is 18.8. The van der Waals surface area contributed by atoms with Crippen LogP contribution in [-0.2, 0) is 35.2 Å². The summed E-state index contributed by atoms with van der Waals surface area (Å²) in [6.07, 6.45) is -2.99. The molecule has 57 heavy (non-hydrogen) atoms. The maximum absolute atomic E-state index is 14.4. The fourth-order valence-corrected chi connectivity index (χ4v) is 7.36. The highest BCUT2D eigenvalue weighted by Gasteiger charge is 2.32. The van der Waals surface area contributed by atoms with Gasteiger partial charge >= 0.3 is 6.18 Å². The number of amides is 2. The highest BCUT2D eigenvalue weighted by atomic mass is 35.5. The maximum Gasteiger partial charge on any atom is 0.416 e. The molecule has 7 rings (SSSR count). The van der Waals surface area contributed by atoms with E-state index in [1.165, 1.54) is 11.2 Å². The Morgan fingerprint density at radius 1 is 1.05 bits per heavy atom. The number of carbonyl (C=O) groups is 2. The molecule has 0 spiro atoms. The molecule has 2 aliphatic rings. The number of alkyl halides is 3. The largest absolute Gasteiger partial charge is 0.504 e. The second-order valence-corrected chi connectivity index (χ2v) is 14.4. The Morgan fingerprint density at radius 3 is 2.46 bits per heavy atom. The molecule has 1 atom stereocenters. The zero-order valence-electron chi connectivity index (χ0n) is 31.4. The van der Waals surface area contributed by atoms with Gasteiger partial charge in [0.25, 0.3) is 11.5 Å². The molecule has 2 saturated heterocycles. The van der Waals surface area contributed by atoms with Gasteiger partial charge in [-0.05, 0) is 44.0 Å². The zero-order valence-corrected chi connectivity index (χ0v) is 32.1. The number of carbonyl (C=O) groups excluding carboxylic acids is 2. The van der Waals surface area contributed by atoms with E-state index in [-0.39, 0.29) is 83.8 Å². The van der Waals surface area contributed by atoms with Gasteiger partial charge in [-0.3, -0.25) is 19.3 Å². The average Bonchev–Trinajstić information content (AvgIpc) is 3.64. The lowest BCUT2D eigenvalue weighted by Crippen LogP contribution is -2.51. The number of nitrogens with zero attached hydrogens (tertiary/aromatic N) is 9. The molecule has 15 nitrogen and oxygen atoms in total. The van der Waals surface area contributed by atoms with E-state index in [9.17, 15) is 32.7 Å². The number of anilines is 2. The Bertz CT molecular complexity index is 2380. The van der Waals surface area contributed by atoms with E-state index in [0.29, 0.717) is 17.9 Å². The van der Waals surface area contributed by atoms with E-state index in [2.05, 4.69) is 25.3 Å². The summed E-state index contributed by atoms with van der Waals surface area (Å²) in [5.41, 5.74) is 1.11. The molecule has 0 unspecified atom stereocenters. The van der Waals surface area contributed by atoms with Gasteiger partial charge in [0.1, 0.15) is 18.6 Å². The molecule has 0 radical (unpaired) electrons. The average molecular weight is 809 g/mol. The number of benzene rings is 2. The van der Waals surface area contributed by atoms with E-state index in [1.54, 1.807) is 11.5 Å². The summed E-state index contributed by atoms with van der Waals surface area (Å²) in [7, 11) is 0. The number of hydrogen-bond acceptors (Lipinski definition) is 11. The molecule has 2 fully saturated rings. The number of aryl methyl sites for hydroxylation is 1. The van der Waals surface area contributed by atoms with Gasteiger partial charge in [-0.2, -0.15) is 22.7 Å². The van der Waals surface area contributed by atoms with Crippen molar-refractivity contribution in [1.82, 2.24) is 38.9 Å². The SMILES string of the molecule is CCc1c(N2CCN(C(=O)c3ncnc(C)c3O)CC2)c(=O)n2nc(-c3ccc(CN4CCO[C@H](C)C4)cc3)nc2n1CC(=O)Nc1ccc(C(F)(F)F)cc1Cl. The number of halogens is 4. The summed E-state index contributed by atoms with van der Waals surface area (Å²) >= 11 is 6.16.